The number of carboxylic acid groups (broad SMARTS) is 1. The summed E-state index contributed by atoms with van der Waals surface area (Å²) in [4.78, 5) is 38.0. The standard InChI is InChI=1S/C12H21N3O4S/c1-4-14(5-2)10(16)8(3)13-12(19)15-7-20-6-9(15)11(17)18/h8-9H,4-7H2,1-3H3,(H,13,19)(H,17,18)/t8?,9-/m0/s1. The van der Waals surface area contributed by atoms with Crippen LogP contribution in [0.5, 0.6) is 0 Å². The van der Waals surface area contributed by atoms with Crippen LogP contribution in [0.3, 0.4) is 0 Å². The van der Waals surface area contributed by atoms with Crippen LogP contribution in [0.4, 0.5) is 4.79 Å². The van der Waals surface area contributed by atoms with Crippen molar-refractivity contribution < 1.29 is 19.5 Å². The van der Waals surface area contributed by atoms with E-state index in [2.05, 4.69) is 5.32 Å². The number of carbonyl (C=O) groups is 3. The minimum absolute atomic E-state index is 0.165. The molecular weight excluding hydrogens is 282 g/mol. The van der Waals surface area contributed by atoms with E-state index in [1.165, 1.54) is 16.7 Å². The normalized spacial score (nSPS) is 19.6. The molecule has 7 nitrogen and oxygen atoms in total. The molecule has 1 saturated heterocycles. The second-order valence-corrected chi connectivity index (χ2v) is 5.51. The number of hydrogen-bond donors (Lipinski definition) is 2. The summed E-state index contributed by atoms with van der Waals surface area (Å²) in [7, 11) is 0. The lowest BCUT2D eigenvalue weighted by atomic mass is 10.2. The van der Waals surface area contributed by atoms with Gasteiger partial charge in [0.1, 0.15) is 12.1 Å². The number of nitrogens with one attached hydrogen (secondary N) is 1. The van der Waals surface area contributed by atoms with Gasteiger partial charge in [0.25, 0.3) is 0 Å². The zero-order valence-electron chi connectivity index (χ0n) is 12.0. The number of rotatable bonds is 5. The van der Waals surface area contributed by atoms with E-state index >= 15 is 0 Å². The topological polar surface area (TPSA) is 90.0 Å². The molecule has 0 saturated carbocycles. The fourth-order valence-electron chi connectivity index (χ4n) is 1.99. The molecule has 1 rings (SSSR count). The second kappa shape index (κ2) is 7.37. The van der Waals surface area contributed by atoms with Gasteiger partial charge in [-0.3, -0.25) is 4.79 Å². The summed E-state index contributed by atoms with van der Waals surface area (Å²) in [6.45, 7) is 6.50. The highest BCUT2D eigenvalue weighted by molar-refractivity contribution is 7.99. The highest BCUT2D eigenvalue weighted by atomic mass is 32.2. The predicted octanol–water partition coefficient (Wildman–Crippen LogP) is 0.412. The Hall–Kier alpha value is -1.44. The third-order valence-corrected chi connectivity index (χ3v) is 4.23. The molecule has 3 amide bonds. The number of thioether (sulfide) groups is 1. The van der Waals surface area contributed by atoms with E-state index in [0.29, 0.717) is 24.7 Å². The fraction of sp³-hybridized carbons (Fsp3) is 0.750. The van der Waals surface area contributed by atoms with Crippen molar-refractivity contribution in [1.29, 1.82) is 0 Å². The fourth-order valence-corrected chi connectivity index (χ4v) is 3.13. The van der Waals surface area contributed by atoms with Crippen molar-refractivity contribution >= 4 is 29.7 Å². The molecule has 0 aromatic carbocycles. The lowest BCUT2D eigenvalue weighted by Crippen LogP contribution is -2.53. The number of nitrogens with zero attached hydrogens (tertiary/aromatic N) is 2. The molecular formula is C12H21N3O4S. The molecule has 0 aromatic rings. The lowest BCUT2D eigenvalue weighted by Gasteiger charge is -2.26. The van der Waals surface area contributed by atoms with Gasteiger partial charge in [0.15, 0.2) is 0 Å². The van der Waals surface area contributed by atoms with Crippen LogP contribution in [0.15, 0.2) is 0 Å². The maximum atomic E-state index is 12.0. The monoisotopic (exact) mass is 303 g/mol. The molecule has 0 radical (unpaired) electrons. The average Bonchev–Trinajstić information content (AvgIpc) is 2.89. The van der Waals surface area contributed by atoms with Gasteiger partial charge in [0, 0.05) is 18.8 Å². The summed E-state index contributed by atoms with van der Waals surface area (Å²) in [5.74, 6) is -0.481. The Balaban J connectivity index is 2.61. The number of carboxylic acids is 1. The Bertz CT molecular complexity index is 387. The van der Waals surface area contributed by atoms with E-state index < -0.39 is 24.1 Å². The molecule has 114 valence electrons. The summed E-state index contributed by atoms with van der Waals surface area (Å²) < 4.78 is 0. The van der Waals surface area contributed by atoms with Crippen LogP contribution in [0.2, 0.25) is 0 Å². The Morgan fingerprint density at radius 1 is 1.40 bits per heavy atom. The number of hydrogen-bond acceptors (Lipinski definition) is 4. The van der Waals surface area contributed by atoms with E-state index in [0.717, 1.165) is 0 Å². The number of amides is 3. The number of carbonyl (C=O) groups excluding carboxylic acids is 2. The molecule has 20 heavy (non-hydrogen) atoms. The summed E-state index contributed by atoms with van der Waals surface area (Å²) in [5, 5.41) is 11.6. The number of urea groups is 1. The van der Waals surface area contributed by atoms with E-state index in [1.807, 2.05) is 13.8 Å². The largest absolute Gasteiger partial charge is 0.480 e. The smallest absolute Gasteiger partial charge is 0.327 e. The van der Waals surface area contributed by atoms with Crippen LogP contribution < -0.4 is 5.32 Å². The molecule has 0 aliphatic carbocycles. The predicted molar refractivity (Wildman–Crippen MR) is 76.5 cm³/mol. The van der Waals surface area contributed by atoms with Gasteiger partial charge in [0.05, 0.1) is 5.88 Å². The molecule has 1 unspecified atom stereocenters. The first-order chi connectivity index (χ1) is 9.42. The van der Waals surface area contributed by atoms with Gasteiger partial charge in [-0.25, -0.2) is 9.59 Å². The van der Waals surface area contributed by atoms with Crippen LogP contribution >= 0.6 is 11.8 Å². The Labute approximate surface area is 122 Å². The summed E-state index contributed by atoms with van der Waals surface area (Å²) in [6.07, 6.45) is 0. The molecule has 2 atom stereocenters. The van der Waals surface area contributed by atoms with Crippen LogP contribution in [0.25, 0.3) is 0 Å². The summed E-state index contributed by atoms with van der Waals surface area (Å²) in [5.41, 5.74) is 0. The average molecular weight is 303 g/mol. The van der Waals surface area contributed by atoms with Crippen LogP contribution in [0.1, 0.15) is 20.8 Å². The van der Waals surface area contributed by atoms with Gasteiger partial charge in [-0.2, -0.15) is 0 Å². The van der Waals surface area contributed by atoms with Crippen molar-refractivity contribution in [3.8, 4) is 0 Å². The third kappa shape index (κ3) is 3.78. The zero-order chi connectivity index (χ0) is 15.3. The SMILES string of the molecule is CCN(CC)C(=O)C(C)NC(=O)N1CSC[C@H]1C(=O)O. The van der Waals surface area contributed by atoms with Gasteiger partial charge in [-0.15, -0.1) is 11.8 Å². The maximum absolute atomic E-state index is 12.0. The van der Waals surface area contributed by atoms with Crippen molar-refractivity contribution in [2.45, 2.75) is 32.9 Å². The van der Waals surface area contributed by atoms with Crippen LogP contribution in [-0.2, 0) is 9.59 Å². The Morgan fingerprint density at radius 3 is 2.50 bits per heavy atom. The van der Waals surface area contributed by atoms with Crippen LogP contribution in [0, 0.1) is 0 Å². The molecule has 1 aliphatic rings. The lowest BCUT2D eigenvalue weighted by molar-refractivity contribution is -0.140. The van der Waals surface area contributed by atoms with Crippen LogP contribution in [-0.4, -0.2) is 69.6 Å². The van der Waals surface area contributed by atoms with E-state index in [-0.39, 0.29) is 5.91 Å². The van der Waals surface area contributed by atoms with Gasteiger partial charge >= 0.3 is 12.0 Å². The van der Waals surface area contributed by atoms with Crippen molar-refractivity contribution in [2.75, 3.05) is 24.7 Å². The van der Waals surface area contributed by atoms with Crippen molar-refractivity contribution in [3.63, 3.8) is 0 Å². The number of aliphatic carboxylic acids is 1. The Morgan fingerprint density at radius 2 is 2.00 bits per heavy atom. The third-order valence-electron chi connectivity index (χ3n) is 3.21. The molecule has 8 heteroatoms. The van der Waals surface area contributed by atoms with Gasteiger partial charge < -0.3 is 20.2 Å². The molecule has 2 N–H and O–H groups in total. The highest BCUT2D eigenvalue weighted by Crippen LogP contribution is 2.21. The zero-order valence-corrected chi connectivity index (χ0v) is 12.8. The number of likely N-dealkylation sites (N-methyl/N-ethyl adjacent to an activating group) is 1. The molecule has 0 bridgehead atoms. The quantitative estimate of drug-likeness (QED) is 0.768. The van der Waals surface area contributed by atoms with E-state index in [1.54, 1.807) is 11.8 Å². The van der Waals surface area contributed by atoms with Crippen molar-refractivity contribution in [3.05, 3.63) is 0 Å². The van der Waals surface area contributed by atoms with Gasteiger partial charge in [0.2, 0.25) is 5.91 Å². The minimum atomic E-state index is -1.02. The van der Waals surface area contributed by atoms with E-state index in [4.69, 9.17) is 5.11 Å². The van der Waals surface area contributed by atoms with Gasteiger partial charge in [-0.05, 0) is 20.8 Å². The minimum Gasteiger partial charge on any atom is -0.480 e. The molecule has 0 spiro atoms. The highest BCUT2D eigenvalue weighted by Gasteiger charge is 2.35. The van der Waals surface area contributed by atoms with Gasteiger partial charge in [-0.1, -0.05) is 0 Å². The molecule has 1 aliphatic heterocycles. The first kappa shape index (κ1) is 16.6. The summed E-state index contributed by atoms with van der Waals surface area (Å²) >= 11 is 1.39. The molecule has 0 aromatic heterocycles. The van der Waals surface area contributed by atoms with Crippen molar-refractivity contribution in [2.24, 2.45) is 0 Å². The first-order valence-corrected chi connectivity index (χ1v) is 7.74. The molecule has 1 heterocycles. The van der Waals surface area contributed by atoms with Crippen molar-refractivity contribution in [1.82, 2.24) is 15.1 Å². The molecule has 1 fully saturated rings. The first-order valence-electron chi connectivity index (χ1n) is 6.58. The maximum Gasteiger partial charge on any atom is 0.327 e. The van der Waals surface area contributed by atoms with E-state index in [9.17, 15) is 14.4 Å². The Kier molecular flexibility index (Phi) is 6.12. The second-order valence-electron chi connectivity index (χ2n) is 4.51. The summed E-state index contributed by atoms with van der Waals surface area (Å²) in [6, 6.07) is -1.99.